The molecular weight excluding hydrogens is 326 g/mol. The highest BCUT2D eigenvalue weighted by Crippen LogP contribution is 2.03. The molecule has 0 aliphatic heterocycles. The first-order valence-electron chi connectivity index (χ1n) is 6.90. The van der Waals surface area contributed by atoms with Crippen LogP contribution in [0.2, 0.25) is 0 Å². The predicted octanol–water partition coefficient (Wildman–Crippen LogP) is -1.99. The molecule has 3 amide bonds. The number of rotatable bonds is 10. The number of amides is 3. The van der Waals surface area contributed by atoms with E-state index >= 15 is 0 Å². The maximum atomic E-state index is 12.1. The lowest BCUT2D eigenvalue weighted by Gasteiger charge is -2.20. The highest BCUT2D eigenvalue weighted by Gasteiger charge is 2.26. The normalized spacial score (nSPS) is 12.7. The van der Waals surface area contributed by atoms with Gasteiger partial charge >= 0.3 is 5.97 Å². The molecule has 10 heteroatoms. The highest BCUT2D eigenvalue weighted by atomic mass is 32.2. The zero-order valence-corrected chi connectivity index (χ0v) is 14.2. The zero-order valence-electron chi connectivity index (χ0n) is 13.4. The summed E-state index contributed by atoms with van der Waals surface area (Å²) in [6, 6.07) is -2.05. The number of thioether (sulfide) groups is 1. The predicted molar refractivity (Wildman–Crippen MR) is 84.6 cm³/mol. The number of esters is 1. The molecule has 0 aliphatic rings. The summed E-state index contributed by atoms with van der Waals surface area (Å²) in [6.07, 6.45) is 0. The molecule has 0 aliphatic carbocycles. The summed E-state index contributed by atoms with van der Waals surface area (Å²) in [4.78, 5) is 45.4. The SMILES string of the molecule is COC(=O)[C@H](CO)NC(=O)[C@H](CSCCNC(C)=O)NC(C)=O. The van der Waals surface area contributed by atoms with Crippen LogP contribution in [0.5, 0.6) is 0 Å². The molecule has 0 heterocycles. The number of ether oxygens (including phenoxy) is 1. The quantitative estimate of drug-likeness (QED) is 0.265. The van der Waals surface area contributed by atoms with Crippen LogP contribution >= 0.6 is 11.8 Å². The fourth-order valence-corrected chi connectivity index (χ4v) is 2.41. The Morgan fingerprint density at radius 1 is 1.09 bits per heavy atom. The lowest BCUT2D eigenvalue weighted by atomic mass is 10.2. The van der Waals surface area contributed by atoms with Crippen molar-refractivity contribution in [1.29, 1.82) is 0 Å². The van der Waals surface area contributed by atoms with Crippen LogP contribution in [0.15, 0.2) is 0 Å². The van der Waals surface area contributed by atoms with Crippen molar-refractivity contribution in [2.45, 2.75) is 25.9 Å². The lowest BCUT2D eigenvalue weighted by molar-refractivity contribution is -0.146. The van der Waals surface area contributed by atoms with Crippen molar-refractivity contribution in [2.24, 2.45) is 0 Å². The van der Waals surface area contributed by atoms with Crippen LogP contribution in [0.3, 0.4) is 0 Å². The summed E-state index contributed by atoms with van der Waals surface area (Å²) >= 11 is 1.35. The van der Waals surface area contributed by atoms with E-state index in [1.165, 1.54) is 25.6 Å². The van der Waals surface area contributed by atoms with E-state index in [0.29, 0.717) is 12.3 Å². The molecule has 4 N–H and O–H groups in total. The van der Waals surface area contributed by atoms with Crippen molar-refractivity contribution < 1.29 is 29.0 Å². The molecule has 2 atom stereocenters. The Kier molecular flexibility index (Phi) is 10.8. The minimum Gasteiger partial charge on any atom is -0.467 e. The molecule has 132 valence electrons. The molecule has 0 saturated heterocycles. The van der Waals surface area contributed by atoms with Crippen molar-refractivity contribution in [3.63, 3.8) is 0 Å². The van der Waals surface area contributed by atoms with Gasteiger partial charge in [-0.1, -0.05) is 0 Å². The van der Waals surface area contributed by atoms with E-state index in [2.05, 4.69) is 20.7 Å². The smallest absolute Gasteiger partial charge is 0.330 e. The first kappa shape index (κ1) is 21.2. The average Bonchev–Trinajstić information content (AvgIpc) is 2.49. The number of aliphatic hydroxyl groups is 1. The van der Waals surface area contributed by atoms with Crippen LogP contribution in [-0.4, -0.2) is 72.6 Å². The van der Waals surface area contributed by atoms with Crippen LogP contribution in [0.25, 0.3) is 0 Å². The van der Waals surface area contributed by atoms with Gasteiger partial charge in [-0.2, -0.15) is 11.8 Å². The van der Waals surface area contributed by atoms with Crippen molar-refractivity contribution in [3.8, 4) is 0 Å². The summed E-state index contributed by atoms with van der Waals surface area (Å²) in [6.45, 7) is 2.50. The van der Waals surface area contributed by atoms with Crippen molar-refractivity contribution >= 4 is 35.5 Å². The number of aliphatic hydroxyl groups excluding tert-OH is 1. The average molecular weight is 349 g/mol. The Hall–Kier alpha value is -1.81. The van der Waals surface area contributed by atoms with Gasteiger partial charge in [0.25, 0.3) is 0 Å². The fourth-order valence-electron chi connectivity index (χ4n) is 1.52. The van der Waals surface area contributed by atoms with Crippen LogP contribution in [0.4, 0.5) is 0 Å². The summed E-state index contributed by atoms with van der Waals surface area (Å²) < 4.78 is 4.45. The third kappa shape index (κ3) is 9.74. The maximum Gasteiger partial charge on any atom is 0.330 e. The third-order valence-corrected chi connectivity index (χ3v) is 3.65. The summed E-state index contributed by atoms with van der Waals surface area (Å²) in [5, 5.41) is 16.5. The van der Waals surface area contributed by atoms with Gasteiger partial charge in [0, 0.05) is 31.9 Å². The maximum absolute atomic E-state index is 12.1. The molecule has 23 heavy (non-hydrogen) atoms. The lowest BCUT2D eigenvalue weighted by Crippen LogP contribution is -2.53. The van der Waals surface area contributed by atoms with Crippen LogP contribution in [-0.2, 0) is 23.9 Å². The third-order valence-electron chi connectivity index (χ3n) is 2.58. The van der Waals surface area contributed by atoms with Gasteiger partial charge in [-0.3, -0.25) is 14.4 Å². The monoisotopic (exact) mass is 349 g/mol. The van der Waals surface area contributed by atoms with Crippen molar-refractivity contribution in [3.05, 3.63) is 0 Å². The molecule has 9 nitrogen and oxygen atoms in total. The molecule has 0 rings (SSSR count). The van der Waals surface area contributed by atoms with Gasteiger partial charge in [0.05, 0.1) is 13.7 Å². The van der Waals surface area contributed by atoms with E-state index in [9.17, 15) is 19.2 Å². The van der Waals surface area contributed by atoms with E-state index in [4.69, 9.17) is 5.11 Å². The summed E-state index contributed by atoms with van der Waals surface area (Å²) in [7, 11) is 1.14. The Morgan fingerprint density at radius 2 is 1.74 bits per heavy atom. The van der Waals surface area contributed by atoms with E-state index in [1.807, 2.05) is 0 Å². The summed E-state index contributed by atoms with van der Waals surface area (Å²) in [5.74, 6) is -1.11. The van der Waals surface area contributed by atoms with Gasteiger partial charge < -0.3 is 25.8 Å². The zero-order chi connectivity index (χ0) is 17.8. The topological polar surface area (TPSA) is 134 Å². The van der Waals surface area contributed by atoms with Crippen LogP contribution in [0.1, 0.15) is 13.8 Å². The molecule has 0 aromatic rings. The highest BCUT2D eigenvalue weighted by molar-refractivity contribution is 7.99. The standard InChI is InChI=1S/C13H23N3O6S/c1-8(18)14-4-5-23-7-11(15-9(2)19)12(20)16-10(6-17)13(21)22-3/h10-11,17H,4-7H2,1-3H3,(H,14,18)(H,15,19)(H,16,20)/t10-,11-/m0/s1. The Bertz CT molecular complexity index is 432. The molecule has 0 radical (unpaired) electrons. The number of hydrogen-bond donors (Lipinski definition) is 4. The molecule has 0 unspecified atom stereocenters. The minimum atomic E-state index is -1.19. The Labute approximate surface area is 138 Å². The van der Waals surface area contributed by atoms with E-state index in [0.717, 1.165) is 7.11 Å². The molecule has 0 aromatic carbocycles. The molecule has 0 fully saturated rings. The molecule has 0 saturated carbocycles. The molecule has 0 aromatic heterocycles. The fraction of sp³-hybridized carbons (Fsp3) is 0.692. The molecular formula is C13H23N3O6S. The van der Waals surface area contributed by atoms with Crippen LogP contribution in [0, 0.1) is 0 Å². The molecule has 0 bridgehead atoms. The van der Waals surface area contributed by atoms with E-state index in [1.54, 1.807) is 0 Å². The molecule has 0 spiro atoms. The number of hydrogen-bond acceptors (Lipinski definition) is 7. The van der Waals surface area contributed by atoms with Crippen molar-refractivity contribution in [2.75, 3.05) is 31.8 Å². The van der Waals surface area contributed by atoms with Gasteiger partial charge in [0.1, 0.15) is 6.04 Å². The Balaban J connectivity index is 4.50. The van der Waals surface area contributed by atoms with Crippen LogP contribution < -0.4 is 16.0 Å². The van der Waals surface area contributed by atoms with E-state index in [-0.39, 0.29) is 11.7 Å². The van der Waals surface area contributed by atoms with Gasteiger partial charge in [0.2, 0.25) is 17.7 Å². The number of carbonyl (C=O) groups is 4. The largest absolute Gasteiger partial charge is 0.467 e. The minimum absolute atomic E-state index is 0.148. The second kappa shape index (κ2) is 11.7. The number of nitrogens with one attached hydrogen (secondary N) is 3. The van der Waals surface area contributed by atoms with Crippen molar-refractivity contribution in [1.82, 2.24) is 16.0 Å². The van der Waals surface area contributed by atoms with Gasteiger partial charge in [0.15, 0.2) is 6.04 Å². The second-order valence-corrected chi connectivity index (χ2v) is 5.73. The first-order valence-corrected chi connectivity index (χ1v) is 8.05. The van der Waals surface area contributed by atoms with E-state index < -0.39 is 36.5 Å². The summed E-state index contributed by atoms with van der Waals surface area (Å²) in [5.41, 5.74) is 0. The Morgan fingerprint density at radius 3 is 2.22 bits per heavy atom. The second-order valence-electron chi connectivity index (χ2n) is 4.58. The van der Waals surface area contributed by atoms with Gasteiger partial charge in [-0.25, -0.2) is 4.79 Å². The first-order chi connectivity index (χ1) is 10.8. The van der Waals surface area contributed by atoms with Gasteiger partial charge in [-0.15, -0.1) is 0 Å². The van der Waals surface area contributed by atoms with Gasteiger partial charge in [-0.05, 0) is 0 Å². The number of carbonyl (C=O) groups excluding carboxylic acids is 4. The number of methoxy groups -OCH3 is 1.